The van der Waals surface area contributed by atoms with E-state index in [1.807, 2.05) is 12.4 Å². The van der Waals surface area contributed by atoms with E-state index < -0.39 is 32.3 Å². The minimum absolute atomic E-state index is 0. The van der Waals surface area contributed by atoms with Crippen LogP contribution in [0.1, 0.15) is 13.8 Å². The van der Waals surface area contributed by atoms with Gasteiger partial charge in [-0.15, -0.1) is 68.3 Å². The number of carbonyl (C=O) groups is 1. The van der Waals surface area contributed by atoms with Gasteiger partial charge in [-0.1, -0.05) is 163 Å². The molecule has 0 unspecified atom stereocenters. The smallest absolute Gasteiger partial charge is 0.155 e. The van der Waals surface area contributed by atoms with Crippen LogP contribution in [0.15, 0.2) is 170 Å². The van der Waals surface area contributed by atoms with E-state index in [1.54, 1.807) is 0 Å². The van der Waals surface area contributed by atoms with Crippen LogP contribution in [-0.2, 0) is 24.9 Å². The fourth-order valence-electron chi connectivity index (χ4n) is 9.55. The Morgan fingerprint density at radius 3 is 1.04 bits per heavy atom. The van der Waals surface area contributed by atoms with Crippen LogP contribution in [0.5, 0.6) is 0 Å². The molecule has 0 atom stereocenters. The predicted octanol–water partition coefficient (Wildman–Crippen LogP) is 14.5. The third-order valence-electron chi connectivity index (χ3n) is 13.3. The number of allylic oxidation sites excluding steroid dienone is 2. The summed E-state index contributed by atoms with van der Waals surface area (Å²) in [5.74, 6) is -0.0625. The minimum Gasteiger partial charge on any atom is -0.512 e. The molecule has 4 heterocycles. The second kappa shape index (κ2) is 22.0. The first kappa shape index (κ1) is 55.7. The van der Waals surface area contributed by atoms with Crippen LogP contribution in [0.25, 0.3) is 77.5 Å². The van der Waals surface area contributed by atoms with Gasteiger partial charge in [0.1, 0.15) is 0 Å². The molecule has 10 aromatic rings. The van der Waals surface area contributed by atoms with Crippen molar-refractivity contribution in [3.63, 3.8) is 0 Å². The number of ketones is 1. The topological polar surface area (TPSA) is 72.9 Å². The van der Waals surface area contributed by atoms with Crippen molar-refractivity contribution in [1.29, 1.82) is 0 Å². The van der Waals surface area contributed by atoms with E-state index in [0.29, 0.717) is 0 Å². The summed E-state index contributed by atoms with van der Waals surface area (Å²) in [6, 6.07) is 60.1. The fourth-order valence-corrected chi connectivity index (χ4v) is 15.1. The van der Waals surface area contributed by atoms with Gasteiger partial charge >= 0.3 is 0 Å². The number of rotatable bonds is 9. The number of fused-ring (bicyclic) bond motifs is 6. The van der Waals surface area contributed by atoms with Crippen molar-refractivity contribution in [1.82, 2.24) is 19.1 Å². The molecule has 0 bridgehead atoms. The molecule has 1 N–H and O–H groups in total. The molecular weight excluding hydrogens is 1150 g/mol. The number of aromatic nitrogens is 4. The number of hydrogen-bond donors (Lipinski definition) is 1. The summed E-state index contributed by atoms with van der Waals surface area (Å²) in [5.41, 5.74) is 11.5. The zero-order valence-corrected chi connectivity index (χ0v) is 52.0. The molecule has 11 heteroatoms. The standard InChI is InChI=1S/2C29H31N2Si2.C5H8O2.Ir/c2*1-32(2,3)22-15-16-25(29(20-22)33(4,5)6)26-19-21(17-18-30-26)31-27-13-9-7-11-23(27)24-12-8-10-14-28(24)31;1-4(6)3-5(2)7;/h2*7-15,17-20H,1-6H3;3,6H,1-2H3;/q2*-1;;/b;;4-3-;. The maximum absolute atomic E-state index is 10.0. The number of benzene rings is 6. The van der Waals surface area contributed by atoms with Crippen molar-refractivity contribution < 1.29 is 30.0 Å². The number of aliphatic hydroxyl groups is 1. The monoisotopic (exact) mass is 1220 g/mol. The number of para-hydroxylation sites is 4. The van der Waals surface area contributed by atoms with E-state index in [2.05, 4.69) is 245 Å². The molecule has 6 aromatic carbocycles. The van der Waals surface area contributed by atoms with E-state index in [4.69, 9.17) is 15.1 Å². The third-order valence-corrected chi connectivity index (χ3v) is 21.4. The second-order valence-corrected chi connectivity index (χ2v) is 43.5. The maximum atomic E-state index is 10.0. The van der Waals surface area contributed by atoms with Gasteiger partial charge in [0.2, 0.25) is 0 Å². The molecule has 0 amide bonds. The van der Waals surface area contributed by atoms with Crippen LogP contribution in [0.4, 0.5) is 0 Å². The fraction of sp³-hybridized carbons (Fsp3) is 0.222. The normalized spacial score (nSPS) is 12.3. The van der Waals surface area contributed by atoms with E-state index in [-0.39, 0.29) is 31.6 Å². The Morgan fingerprint density at radius 1 is 0.473 bits per heavy atom. The summed E-state index contributed by atoms with van der Waals surface area (Å²) in [6.45, 7) is 31.8. The molecule has 0 fully saturated rings. The van der Waals surface area contributed by atoms with Crippen molar-refractivity contribution in [2.24, 2.45) is 0 Å². The van der Waals surface area contributed by atoms with E-state index in [0.717, 1.165) is 22.8 Å². The molecular formula is C63H70IrN4O2Si4-2. The summed E-state index contributed by atoms with van der Waals surface area (Å²) in [7, 11) is -6.03. The summed E-state index contributed by atoms with van der Waals surface area (Å²) < 4.78 is 4.72. The van der Waals surface area contributed by atoms with Crippen LogP contribution in [0.3, 0.4) is 0 Å². The molecule has 381 valence electrons. The van der Waals surface area contributed by atoms with Gasteiger partial charge in [0.05, 0.1) is 27.8 Å². The maximum Gasteiger partial charge on any atom is 0.155 e. The van der Waals surface area contributed by atoms with Crippen LogP contribution in [0.2, 0.25) is 78.6 Å². The average Bonchev–Trinajstić information content (AvgIpc) is 3.86. The summed E-state index contributed by atoms with van der Waals surface area (Å²) in [4.78, 5) is 19.7. The van der Waals surface area contributed by atoms with E-state index in [1.165, 1.54) is 95.4 Å². The Bertz CT molecular complexity index is 3360. The van der Waals surface area contributed by atoms with Crippen LogP contribution < -0.4 is 20.7 Å². The van der Waals surface area contributed by atoms with Crippen LogP contribution >= 0.6 is 0 Å². The summed E-state index contributed by atoms with van der Waals surface area (Å²) in [5, 5.41) is 19.3. The molecule has 4 aromatic heterocycles. The van der Waals surface area contributed by atoms with Crippen molar-refractivity contribution >= 4 is 102 Å². The van der Waals surface area contributed by atoms with Gasteiger partial charge in [-0.25, -0.2) is 0 Å². The number of pyridine rings is 2. The van der Waals surface area contributed by atoms with Gasteiger partial charge in [0.15, 0.2) is 5.78 Å². The van der Waals surface area contributed by atoms with Crippen LogP contribution in [0, 0.1) is 12.1 Å². The first-order chi connectivity index (χ1) is 34.4. The molecule has 0 aliphatic heterocycles. The molecule has 1 radical (unpaired) electrons. The Morgan fingerprint density at radius 2 is 0.784 bits per heavy atom. The summed E-state index contributed by atoms with van der Waals surface area (Å²) in [6.07, 6.45) is 5.06. The van der Waals surface area contributed by atoms with Crippen molar-refractivity contribution in [3.05, 3.63) is 182 Å². The quantitative estimate of drug-likeness (QED) is 0.0676. The number of aliphatic hydroxyl groups excluding tert-OH is 1. The zero-order chi connectivity index (χ0) is 52.6. The minimum atomic E-state index is -1.60. The molecule has 10 rings (SSSR count). The Labute approximate surface area is 456 Å². The number of carbonyl (C=O) groups excluding carboxylic acids is 1. The molecule has 0 saturated heterocycles. The first-order valence-corrected chi connectivity index (χ1v) is 39.3. The molecule has 0 aliphatic rings. The van der Waals surface area contributed by atoms with E-state index >= 15 is 0 Å². The molecule has 74 heavy (non-hydrogen) atoms. The molecule has 0 aliphatic carbocycles. The third kappa shape index (κ3) is 12.0. The Kier molecular flexibility index (Phi) is 16.6. The number of hydrogen-bond acceptors (Lipinski definition) is 4. The molecule has 0 spiro atoms. The number of nitrogens with zero attached hydrogens (tertiary/aromatic N) is 4. The van der Waals surface area contributed by atoms with Gasteiger partial charge in [-0.3, -0.25) is 4.79 Å². The molecule has 6 nitrogen and oxygen atoms in total. The van der Waals surface area contributed by atoms with E-state index in [9.17, 15) is 4.79 Å². The SMILES string of the molecule is CC(=O)/C=C(/C)O.C[Si](C)(C)c1c[c-]c(-c2cc(-n3c4ccccc4c4ccccc43)ccn2)c([Si](C)(C)C)c1.C[Si](C)(C)c1c[c-]c(-c2cc(-n3c4ccccc4c4ccccc43)ccn2)c([Si](C)(C)C)c1.[Ir]. The van der Waals surface area contributed by atoms with Gasteiger partial charge in [-0.2, -0.15) is 0 Å². The van der Waals surface area contributed by atoms with Gasteiger partial charge in [0, 0.05) is 104 Å². The largest absolute Gasteiger partial charge is 0.512 e. The Balaban J connectivity index is 0.000000189. The van der Waals surface area contributed by atoms with Crippen molar-refractivity contribution in [2.75, 3.05) is 0 Å². The van der Waals surface area contributed by atoms with Crippen molar-refractivity contribution in [3.8, 4) is 33.9 Å². The first-order valence-electron chi connectivity index (χ1n) is 25.3. The zero-order valence-electron chi connectivity index (χ0n) is 45.6. The average molecular weight is 1220 g/mol. The van der Waals surface area contributed by atoms with Crippen LogP contribution in [-0.4, -0.2) is 62.3 Å². The summed E-state index contributed by atoms with van der Waals surface area (Å²) >= 11 is 0. The molecule has 0 saturated carbocycles. The Hall–Kier alpha value is -6.05. The predicted molar refractivity (Wildman–Crippen MR) is 325 cm³/mol. The van der Waals surface area contributed by atoms with Gasteiger partial charge < -0.3 is 24.2 Å². The van der Waals surface area contributed by atoms with Gasteiger partial charge in [-0.05, 0) is 61.6 Å². The van der Waals surface area contributed by atoms with Crippen molar-refractivity contribution in [2.45, 2.75) is 92.4 Å². The van der Waals surface area contributed by atoms with Gasteiger partial charge in [0.25, 0.3) is 0 Å². The second-order valence-electron chi connectivity index (χ2n) is 23.3.